The molecule has 2 heterocycles. The summed E-state index contributed by atoms with van der Waals surface area (Å²) in [6.45, 7) is 5.28. The van der Waals surface area contributed by atoms with E-state index in [-0.39, 0.29) is 11.8 Å². The van der Waals surface area contributed by atoms with Crippen molar-refractivity contribution >= 4 is 17.8 Å². The number of piperidine rings is 1. The first-order chi connectivity index (χ1) is 16.5. The van der Waals surface area contributed by atoms with Crippen LogP contribution in [0.25, 0.3) is 11.4 Å². The van der Waals surface area contributed by atoms with Crippen LogP contribution in [0.5, 0.6) is 0 Å². The maximum Gasteiger partial charge on any atom is 0.230 e. The molecule has 0 aliphatic carbocycles. The highest BCUT2D eigenvalue weighted by atomic mass is 19.1. The zero-order valence-electron chi connectivity index (χ0n) is 19.9. The molecule has 8 heteroatoms. The SMILES string of the molecule is CNc1nc(-c2c(C)cccc2C)nc(N2CCC(C(=O)NCc3ccccc3CF)CC2)n1. The minimum Gasteiger partial charge on any atom is -0.357 e. The molecule has 1 aromatic heterocycles. The lowest BCUT2D eigenvalue weighted by atomic mass is 9.96. The van der Waals surface area contributed by atoms with Gasteiger partial charge in [-0.2, -0.15) is 15.0 Å². The molecule has 1 aliphatic rings. The molecule has 1 saturated heterocycles. The minimum atomic E-state index is -0.533. The third-order valence-electron chi connectivity index (χ3n) is 6.42. The van der Waals surface area contributed by atoms with Crippen LogP contribution in [0.1, 0.15) is 35.1 Å². The molecular weight excluding hydrogens is 431 g/mol. The third kappa shape index (κ3) is 5.16. The van der Waals surface area contributed by atoms with Gasteiger partial charge in [0.15, 0.2) is 5.82 Å². The Morgan fingerprint density at radius 2 is 1.68 bits per heavy atom. The molecule has 1 fully saturated rings. The Morgan fingerprint density at radius 3 is 2.32 bits per heavy atom. The van der Waals surface area contributed by atoms with Crippen molar-refractivity contribution in [2.75, 3.05) is 30.4 Å². The highest BCUT2D eigenvalue weighted by Crippen LogP contribution is 2.28. The molecule has 2 N–H and O–H groups in total. The molecule has 1 amide bonds. The number of carbonyl (C=O) groups is 1. The van der Waals surface area contributed by atoms with Crippen LogP contribution in [0.2, 0.25) is 0 Å². The molecular formula is C26H31FN6O. The molecule has 0 spiro atoms. The van der Waals surface area contributed by atoms with Crippen molar-refractivity contribution in [3.05, 3.63) is 64.7 Å². The fourth-order valence-electron chi connectivity index (χ4n) is 4.43. The van der Waals surface area contributed by atoms with E-state index in [2.05, 4.69) is 51.5 Å². The topological polar surface area (TPSA) is 83.0 Å². The normalized spacial score (nSPS) is 14.2. The zero-order chi connectivity index (χ0) is 24.1. The minimum absolute atomic E-state index is 0.0103. The van der Waals surface area contributed by atoms with Crippen molar-refractivity contribution < 1.29 is 9.18 Å². The second-order valence-electron chi connectivity index (χ2n) is 8.68. The summed E-state index contributed by atoms with van der Waals surface area (Å²) < 4.78 is 13.2. The van der Waals surface area contributed by atoms with Gasteiger partial charge < -0.3 is 15.5 Å². The standard InChI is InChI=1S/C26H31FN6O/c1-17-7-6-8-18(2)22(17)23-30-25(28-3)32-26(31-23)33-13-11-19(12-14-33)24(34)29-16-21-10-5-4-9-20(21)15-27/h4-10,19H,11-16H2,1-3H3,(H,29,34)(H,28,30,31,32). The summed E-state index contributed by atoms with van der Waals surface area (Å²) in [6.07, 6.45) is 1.41. The molecule has 0 bridgehead atoms. The second kappa shape index (κ2) is 10.6. The number of hydrogen-bond acceptors (Lipinski definition) is 6. The van der Waals surface area contributed by atoms with E-state index in [0.717, 1.165) is 22.3 Å². The Bertz CT molecular complexity index is 1140. The number of halogens is 1. The molecule has 0 saturated carbocycles. The number of hydrogen-bond donors (Lipinski definition) is 2. The van der Waals surface area contributed by atoms with E-state index in [1.54, 1.807) is 13.1 Å². The van der Waals surface area contributed by atoms with Crippen molar-refractivity contribution in [1.82, 2.24) is 20.3 Å². The quantitative estimate of drug-likeness (QED) is 0.548. The summed E-state index contributed by atoms with van der Waals surface area (Å²) in [4.78, 5) is 28.8. The van der Waals surface area contributed by atoms with Crippen LogP contribution in [0, 0.1) is 19.8 Å². The molecule has 178 valence electrons. The molecule has 7 nitrogen and oxygen atoms in total. The van der Waals surface area contributed by atoms with Crippen LogP contribution in [0.15, 0.2) is 42.5 Å². The number of nitrogens with zero attached hydrogens (tertiary/aromatic N) is 4. The van der Waals surface area contributed by atoms with Gasteiger partial charge in [-0.15, -0.1) is 0 Å². The van der Waals surface area contributed by atoms with Gasteiger partial charge in [-0.25, -0.2) is 4.39 Å². The van der Waals surface area contributed by atoms with Crippen molar-refractivity contribution in [3.8, 4) is 11.4 Å². The summed E-state index contributed by atoms with van der Waals surface area (Å²) in [5, 5.41) is 6.03. The van der Waals surface area contributed by atoms with Crippen LogP contribution in [-0.2, 0) is 18.0 Å². The number of aromatic nitrogens is 3. The zero-order valence-corrected chi connectivity index (χ0v) is 19.9. The summed E-state index contributed by atoms with van der Waals surface area (Å²) >= 11 is 0. The predicted molar refractivity (Wildman–Crippen MR) is 132 cm³/mol. The fraction of sp³-hybridized carbons (Fsp3) is 0.385. The van der Waals surface area contributed by atoms with Gasteiger partial charge in [0, 0.05) is 38.2 Å². The van der Waals surface area contributed by atoms with E-state index in [0.29, 0.717) is 55.8 Å². The summed E-state index contributed by atoms with van der Waals surface area (Å²) in [6, 6.07) is 13.4. The number of aryl methyl sites for hydroxylation is 2. The highest BCUT2D eigenvalue weighted by molar-refractivity contribution is 5.79. The van der Waals surface area contributed by atoms with E-state index in [4.69, 9.17) is 4.98 Å². The Hall–Kier alpha value is -3.55. The van der Waals surface area contributed by atoms with Crippen molar-refractivity contribution in [1.29, 1.82) is 0 Å². The van der Waals surface area contributed by atoms with E-state index in [1.165, 1.54) is 0 Å². The maximum absolute atomic E-state index is 13.2. The van der Waals surface area contributed by atoms with Crippen LogP contribution in [0.3, 0.4) is 0 Å². The first-order valence-corrected chi connectivity index (χ1v) is 11.7. The first-order valence-electron chi connectivity index (χ1n) is 11.7. The van der Waals surface area contributed by atoms with Gasteiger partial charge in [-0.05, 0) is 48.9 Å². The smallest absolute Gasteiger partial charge is 0.230 e. The average Bonchev–Trinajstić information content (AvgIpc) is 2.87. The lowest BCUT2D eigenvalue weighted by molar-refractivity contribution is -0.125. The highest BCUT2D eigenvalue weighted by Gasteiger charge is 2.27. The summed E-state index contributed by atoms with van der Waals surface area (Å²) in [5.74, 6) is 1.71. The van der Waals surface area contributed by atoms with E-state index < -0.39 is 6.67 Å². The fourth-order valence-corrected chi connectivity index (χ4v) is 4.43. The summed E-state index contributed by atoms with van der Waals surface area (Å²) in [5.41, 5.74) is 4.69. The molecule has 0 radical (unpaired) electrons. The van der Waals surface area contributed by atoms with Crippen molar-refractivity contribution in [2.24, 2.45) is 5.92 Å². The van der Waals surface area contributed by atoms with Gasteiger partial charge >= 0.3 is 0 Å². The summed E-state index contributed by atoms with van der Waals surface area (Å²) in [7, 11) is 1.80. The van der Waals surface area contributed by atoms with Gasteiger partial charge in [0.05, 0.1) is 0 Å². The molecule has 3 aromatic rings. The van der Waals surface area contributed by atoms with Gasteiger partial charge in [0.25, 0.3) is 0 Å². The van der Waals surface area contributed by atoms with Crippen LogP contribution < -0.4 is 15.5 Å². The largest absolute Gasteiger partial charge is 0.357 e. The van der Waals surface area contributed by atoms with Gasteiger partial charge in [-0.1, -0.05) is 42.5 Å². The number of anilines is 2. The number of carbonyl (C=O) groups excluding carboxylic acids is 1. The average molecular weight is 463 g/mol. The van der Waals surface area contributed by atoms with Gasteiger partial charge in [0.1, 0.15) is 6.67 Å². The third-order valence-corrected chi connectivity index (χ3v) is 6.42. The van der Waals surface area contributed by atoms with Gasteiger partial charge in [-0.3, -0.25) is 4.79 Å². The van der Waals surface area contributed by atoms with Crippen LogP contribution in [0.4, 0.5) is 16.3 Å². The molecule has 0 unspecified atom stereocenters. The van der Waals surface area contributed by atoms with Crippen molar-refractivity contribution in [3.63, 3.8) is 0 Å². The number of nitrogens with one attached hydrogen (secondary N) is 2. The molecule has 0 atom stereocenters. The first kappa shape index (κ1) is 23.6. The number of alkyl halides is 1. The molecule has 2 aromatic carbocycles. The monoisotopic (exact) mass is 462 g/mol. The molecule has 4 rings (SSSR count). The lowest BCUT2D eigenvalue weighted by Gasteiger charge is -2.31. The number of benzene rings is 2. The number of rotatable bonds is 7. The Kier molecular flexibility index (Phi) is 7.35. The molecule has 1 aliphatic heterocycles. The number of amides is 1. The van der Waals surface area contributed by atoms with E-state index >= 15 is 0 Å². The lowest BCUT2D eigenvalue weighted by Crippen LogP contribution is -2.41. The maximum atomic E-state index is 13.2. The van der Waals surface area contributed by atoms with E-state index in [1.807, 2.05) is 24.3 Å². The van der Waals surface area contributed by atoms with Gasteiger partial charge in [0.2, 0.25) is 17.8 Å². The second-order valence-corrected chi connectivity index (χ2v) is 8.68. The van der Waals surface area contributed by atoms with Crippen LogP contribution in [-0.4, -0.2) is 41.0 Å². The van der Waals surface area contributed by atoms with Crippen LogP contribution >= 0.6 is 0 Å². The van der Waals surface area contributed by atoms with Crippen molar-refractivity contribution in [2.45, 2.75) is 39.9 Å². The Morgan fingerprint density at radius 1 is 1.00 bits per heavy atom. The van der Waals surface area contributed by atoms with E-state index in [9.17, 15) is 9.18 Å². The molecule has 34 heavy (non-hydrogen) atoms. The Balaban J connectivity index is 1.43. The Labute approximate surface area is 199 Å². The predicted octanol–water partition coefficient (Wildman–Crippen LogP) is 4.20.